The first-order chi connectivity index (χ1) is 16.2. The van der Waals surface area contributed by atoms with Gasteiger partial charge in [-0.05, 0) is 75.3 Å². The molecule has 2 fully saturated rings. The van der Waals surface area contributed by atoms with Gasteiger partial charge in [0.1, 0.15) is 23.7 Å². The van der Waals surface area contributed by atoms with Gasteiger partial charge in [-0.2, -0.15) is 0 Å². The van der Waals surface area contributed by atoms with Crippen LogP contribution in [0.1, 0.15) is 56.9 Å². The molecule has 2 aliphatic rings. The van der Waals surface area contributed by atoms with Gasteiger partial charge in [-0.1, -0.05) is 23.5 Å². The van der Waals surface area contributed by atoms with Gasteiger partial charge in [0.2, 0.25) is 0 Å². The van der Waals surface area contributed by atoms with E-state index in [1.54, 1.807) is 12.4 Å². The molecule has 1 N–H and O–H groups in total. The summed E-state index contributed by atoms with van der Waals surface area (Å²) in [6, 6.07) is 8.83. The number of hydrogen-bond donors (Lipinski definition) is 1. The third-order valence-corrected chi connectivity index (χ3v) is 8.45. The molecule has 0 bridgehead atoms. The highest BCUT2D eigenvalue weighted by atomic mass is 32.2. The van der Waals surface area contributed by atoms with E-state index in [2.05, 4.69) is 34.3 Å². The van der Waals surface area contributed by atoms with Crippen molar-refractivity contribution in [2.45, 2.75) is 64.4 Å². The molecule has 1 aliphatic carbocycles. The monoisotopic (exact) mass is 466 g/mol. The Morgan fingerprint density at radius 2 is 1.79 bits per heavy atom. The van der Waals surface area contributed by atoms with Crippen molar-refractivity contribution in [2.24, 2.45) is 4.36 Å². The fourth-order valence-corrected chi connectivity index (χ4v) is 6.63. The summed E-state index contributed by atoms with van der Waals surface area (Å²) in [6.07, 6.45) is 11.2. The number of hydrogen-bond acceptors (Lipinski definition) is 5. The lowest BCUT2D eigenvalue weighted by molar-refractivity contribution is 0.155. The van der Waals surface area contributed by atoms with Gasteiger partial charge < -0.3 is 10.1 Å². The van der Waals surface area contributed by atoms with Crippen LogP contribution in [0.5, 0.6) is 5.75 Å². The van der Waals surface area contributed by atoms with Gasteiger partial charge in [0, 0.05) is 23.0 Å². The second-order valence-electron chi connectivity index (χ2n) is 9.04. The zero-order chi connectivity index (χ0) is 22.6. The first-order valence-corrected chi connectivity index (χ1v) is 13.6. The average molecular weight is 467 g/mol. The molecule has 2 aromatic carbocycles. The van der Waals surface area contributed by atoms with Gasteiger partial charge in [0.15, 0.2) is 0 Å². The van der Waals surface area contributed by atoms with Crippen LogP contribution < -0.4 is 10.1 Å². The van der Waals surface area contributed by atoms with E-state index in [-0.39, 0.29) is 22.6 Å². The van der Waals surface area contributed by atoms with Crippen molar-refractivity contribution in [3.05, 3.63) is 48.0 Å². The predicted molar refractivity (Wildman–Crippen MR) is 134 cm³/mol. The standard InChI is InChI=1S/C26H31FN4OS/c1-18-14-20(31-33-12-6-3-7-13-33)16-23-25(18)26(29-17-28-23)30-22-11-10-19(27)15-24(22)32-21-8-4-2-5-9-21/h10-11,14-17,21H,2-9,12-13H2,1H3,(H,28,29,30). The fraction of sp³-hybridized carbons (Fsp3) is 0.462. The Hall–Kier alpha value is -2.54. The first kappa shape index (κ1) is 22.3. The van der Waals surface area contributed by atoms with Gasteiger partial charge in [0.25, 0.3) is 0 Å². The topological polar surface area (TPSA) is 59.4 Å². The summed E-state index contributed by atoms with van der Waals surface area (Å²) < 4.78 is 25.3. The number of aromatic nitrogens is 2. The maximum absolute atomic E-state index is 14.1. The number of rotatable bonds is 5. The van der Waals surface area contributed by atoms with Gasteiger partial charge in [0.05, 0.1) is 23.0 Å². The number of nitrogens with one attached hydrogen (secondary N) is 1. The SMILES string of the molecule is Cc1cc(N=S2CCCCC2)cc2ncnc(Nc3ccc(F)cc3OC3CCCCC3)c12. The van der Waals surface area contributed by atoms with Crippen LogP contribution in [0.4, 0.5) is 21.6 Å². The molecule has 174 valence electrons. The summed E-state index contributed by atoms with van der Waals surface area (Å²) in [7, 11) is 0.121. The quantitative estimate of drug-likeness (QED) is 0.434. The minimum Gasteiger partial charge on any atom is -0.488 e. The number of nitrogens with zero attached hydrogens (tertiary/aromatic N) is 3. The lowest BCUT2D eigenvalue weighted by atomic mass is 9.98. The molecule has 1 aliphatic heterocycles. The van der Waals surface area contributed by atoms with E-state index in [1.165, 1.54) is 49.3 Å². The van der Waals surface area contributed by atoms with Crippen LogP contribution in [-0.4, -0.2) is 27.6 Å². The van der Waals surface area contributed by atoms with Crippen LogP contribution in [-0.2, 0) is 10.7 Å². The van der Waals surface area contributed by atoms with Crippen molar-refractivity contribution in [3.63, 3.8) is 0 Å². The smallest absolute Gasteiger partial charge is 0.146 e. The van der Waals surface area contributed by atoms with E-state index in [4.69, 9.17) is 9.10 Å². The number of ether oxygens (including phenoxy) is 1. The summed E-state index contributed by atoms with van der Waals surface area (Å²) in [4.78, 5) is 9.05. The highest BCUT2D eigenvalue weighted by molar-refractivity contribution is 7.87. The summed E-state index contributed by atoms with van der Waals surface area (Å²) in [5, 5.41) is 4.36. The second-order valence-corrected chi connectivity index (χ2v) is 11.0. The van der Waals surface area contributed by atoms with Crippen molar-refractivity contribution in [3.8, 4) is 5.75 Å². The molecule has 1 saturated carbocycles. The molecule has 0 radical (unpaired) electrons. The van der Waals surface area contributed by atoms with Gasteiger partial charge in [-0.3, -0.25) is 0 Å². The highest BCUT2D eigenvalue weighted by Gasteiger charge is 2.18. The Kier molecular flexibility index (Phi) is 6.85. The van der Waals surface area contributed by atoms with Gasteiger partial charge >= 0.3 is 0 Å². The highest BCUT2D eigenvalue weighted by Crippen LogP contribution is 2.35. The minimum absolute atomic E-state index is 0.121. The molecule has 1 saturated heterocycles. The van der Waals surface area contributed by atoms with Gasteiger partial charge in [-0.15, -0.1) is 0 Å². The van der Waals surface area contributed by atoms with E-state index < -0.39 is 0 Å². The van der Waals surface area contributed by atoms with E-state index in [0.29, 0.717) is 11.6 Å². The summed E-state index contributed by atoms with van der Waals surface area (Å²) in [6.45, 7) is 2.07. The van der Waals surface area contributed by atoms with Crippen molar-refractivity contribution >= 4 is 38.8 Å². The average Bonchev–Trinajstić information content (AvgIpc) is 2.82. The molecule has 3 aromatic rings. The molecule has 2 heterocycles. The molecule has 0 amide bonds. The molecule has 0 spiro atoms. The third kappa shape index (κ3) is 5.35. The first-order valence-electron chi connectivity index (χ1n) is 12.0. The predicted octanol–water partition coefficient (Wildman–Crippen LogP) is 7.15. The van der Waals surface area contributed by atoms with E-state index >= 15 is 0 Å². The zero-order valence-electron chi connectivity index (χ0n) is 19.1. The Bertz CT molecular complexity index is 1170. The van der Waals surface area contributed by atoms with Gasteiger partial charge in [-0.25, -0.2) is 18.7 Å². The lowest BCUT2D eigenvalue weighted by Gasteiger charge is -2.24. The van der Waals surface area contributed by atoms with E-state index in [9.17, 15) is 4.39 Å². The molecular formula is C26H31FN4OS. The van der Waals surface area contributed by atoms with Crippen molar-refractivity contribution in [1.82, 2.24) is 9.97 Å². The molecular weight excluding hydrogens is 435 g/mol. The normalized spacial score (nSPS) is 17.8. The maximum Gasteiger partial charge on any atom is 0.146 e. The lowest BCUT2D eigenvalue weighted by Crippen LogP contribution is -2.20. The van der Waals surface area contributed by atoms with Crippen LogP contribution in [0.25, 0.3) is 10.9 Å². The van der Waals surface area contributed by atoms with Crippen molar-refractivity contribution in [1.29, 1.82) is 0 Å². The number of anilines is 2. The molecule has 33 heavy (non-hydrogen) atoms. The minimum atomic E-state index is -0.301. The number of benzene rings is 2. The fourth-order valence-electron chi connectivity index (χ4n) is 4.76. The number of halogens is 1. The van der Waals surface area contributed by atoms with E-state index in [0.717, 1.165) is 53.5 Å². The van der Waals surface area contributed by atoms with E-state index in [1.807, 2.05) is 0 Å². The third-order valence-electron chi connectivity index (χ3n) is 6.46. The Balaban J connectivity index is 1.46. The molecule has 5 rings (SSSR count). The number of aryl methyl sites for hydroxylation is 1. The van der Waals surface area contributed by atoms with Crippen LogP contribution in [0.3, 0.4) is 0 Å². The molecule has 0 atom stereocenters. The Labute approximate surface area is 197 Å². The summed E-state index contributed by atoms with van der Waals surface area (Å²) in [5.41, 5.74) is 3.66. The Morgan fingerprint density at radius 3 is 2.61 bits per heavy atom. The Morgan fingerprint density at radius 1 is 1.00 bits per heavy atom. The summed E-state index contributed by atoms with van der Waals surface area (Å²) >= 11 is 0. The second kappa shape index (κ2) is 10.2. The van der Waals surface area contributed by atoms with Crippen LogP contribution in [0.15, 0.2) is 41.0 Å². The maximum atomic E-state index is 14.1. The molecule has 1 aromatic heterocycles. The summed E-state index contributed by atoms with van der Waals surface area (Å²) in [5.74, 6) is 3.33. The van der Waals surface area contributed by atoms with Crippen LogP contribution >= 0.6 is 0 Å². The molecule has 7 heteroatoms. The van der Waals surface area contributed by atoms with Crippen LogP contribution in [0, 0.1) is 12.7 Å². The van der Waals surface area contributed by atoms with Crippen LogP contribution in [0.2, 0.25) is 0 Å². The molecule has 0 unspecified atom stereocenters. The zero-order valence-corrected chi connectivity index (χ0v) is 20.0. The molecule has 5 nitrogen and oxygen atoms in total. The van der Waals surface area contributed by atoms with Crippen molar-refractivity contribution in [2.75, 3.05) is 16.8 Å². The number of fused-ring (bicyclic) bond motifs is 1. The largest absolute Gasteiger partial charge is 0.488 e. The van der Waals surface area contributed by atoms with Crippen molar-refractivity contribution < 1.29 is 9.13 Å².